The maximum Gasteiger partial charge on any atom is 0.417 e. The number of halogens is 7. The number of nitriles is 1. The van der Waals surface area contributed by atoms with Gasteiger partial charge in [-0.3, -0.25) is 9.97 Å². The summed E-state index contributed by atoms with van der Waals surface area (Å²) in [6.45, 7) is 8.77. The minimum Gasteiger partial charge on any atom is -0.256 e. The van der Waals surface area contributed by atoms with Gasteiger partial charge in [0.15, 0.2) is 23.3 Å². The van der Waals surface area contributed by atoms with Crippen molar-refractivity contribution in [2.45, 2.75) is 13.1 Å². The minimum absolute atomic E-state index is 0.0425. The van der Waals surface area contributed by atoms with Crippen molar-refractivity contribution in [3.63, 3.8) is 0 Å². The van der Waals surface area contributed by atoms with Crippen LogP contribution >= 0.6 is 0 Å². The van der Waals surface area contributed by atoms with Crippen LogP contribution in [-0.4, -0.2) is 9.97 Å². The molecule has 2 heterocycles. The monoisotopic (exact) mass is 712 g/mol. The summed E-state index contributed by atoms with van der Waals surface area (Å²) in [6.07, 6.45) is -2.00. The molecule has 53 heavy (non-hydrogen) atoms. The highest BCUT2D eigenvalue weighted by molar-refractivity contribution is 6.15. The molecule has 0 atom stereocenters. The Morgan fingerprint density at radius 1 is 0.660 bits per heavy atom. The molecule has 4 nitrogen and oxygen atoms in total. The molecular formula is C42H19F7N4. The van der Waals surface area contributed by atoms with Crippen molar-refractivity contribution in [2.24, 2.45) is 0 Å². The number of nitrogens with zero attached hydrogens (tertiary/aromatic N) is 4. The van der Waals surface area contributed by atoms with Crippen LogP contribution in [0, 0.1) is 48.1 Å². The topological polar surface area (TPSA) is 53.9 Å². The Balaban J connectivity index is 1.53. The fourth-order valence-corrected chi connectivity index (χ4v) is 7.11. The van der Waals surface area contributed by atoms with Gasteiger partial charge in [0.05, 0.1) is 34.7 Å². The number of benzene rings is 5. The summed E-state index contributed by atoms with van der Waals surface area (Å²) in [7, 11) is 0. The lowest BCUT2D eigenvalue weighted by atomic mass is 9.89. The maximum atomic E-state index is 15.8. The van der Waals surface area contributed by atoms with Crippen molar-refractivity contribution in [3.8, 4) is 39.7 Å². The van der Waals surface area contributed by atoms with Crippen LogP contribution in [0.4, 0.5) is 36.4 Å². The van der Waals surface area contributed by atoms with Crippen LogP contribution in [0.1, 0.15) is 27.8 Å². The van der Waals surface area contributed by atoms with E-state index in [1.54, 1.807) is 73.8 Å². The van der Waals surface area contributed by atoms with E-state index in [0.717, 1.165) is 22.9 Å². The highest BCUT2D eigenvalue weighted by Gasteiger charge is 2.40. The number of fused-ring (bicyclic) bond motifs is 5. The van der Waals surface area contributed by atoms with Crippen LogP contribution in [-0.2, 0) is 6.18 Å². The SMILES string of the molecule is [C-]#[N+]c1c(F)c(F)c(/C(C#N)=C2\c3cc(-c4nccc5ccccc45)c(C)cc3-c3cc(C(F)(F)F)c(-c4nccc5ccccc45)cc32)c(F)c1F. The number of hydrogen-bond acceptors (Lipinski definition) is 3. The second kappa shape index (κ2) is 12.1. The number of aryl methyl sites for hydroxylation is 1. The molecule has 0 saturated heterocycles. The Labute approximate surface area is 296 Å². The minimum atomic E-state index is -4.92. The third-order valence-electron chi connectivity index (χ3n) is 9.48. The molecule has 2 aromatic heterocycles. The quantitative estimate of drug-likeness (QED) is 0.0793. The standard InChI is InChI=1S/C42H19F7N4/c1-20-15-26-27-18-32(42(47,48)49)30(40-24-10-6-4-8-22(24)12-14-53-40)17-29(27)33(31(19-50)34-35(43)37(45)41(51-2)38(46)36(34)44)28(26)16-25(20)39-23-9-5-3-7-21(23)11-13-52-39/h3-18H,1H3/b33-31+. The summed E-state index contributed by atoms with van der Waals surface area (Å²) in [4.78, 5) is 11.4. The van der Waals surface area contributed by atoms with Crippen LogP contribution in [0.3, 0.4) is 0 Å². The molecule has 256 valence electrons. The van der Waals surface area contributed by atoms with E-state index in [4.69, 9.17) is 6.57 Å². The summed E-state index contributed by atoms with van der Waals surface area (Å²) >= 11 is 0. The van der Waals surface area contributed by atoms with E-state index in [2.05, 4.69) is 14.8 Å². The molecule has 0 aliphatic heterocycles. The van der Waals surface area contributed by atoms with E-state index in [0.29, 0.717) is 27.6 Å². The molecule has 0 fully saturated rings. The smallest absolute Gasteiger partial charge is 0.256 e. The van der Waals surface area contributed by atoms with Crippen LogP contribution in [0.2, 0.25) is 0 Å². The predicted molar refractivity (Wildman–Crippen MR) is 187 cm³/mol. The van der Waals surface area contributed by atoms with Gasteiger partial charge in [-0.1, -0.05) is 54.6 Å². The molecule has 11 heteroatoms. The van der Waals surface area contributed by atoms with Gasteiger partial charge in [0.2, 0.25) is 0 Å². The largest absolute Gasteiger partial charge is 0.417 e. The normalized spacial score (nSPS) is 13.1. The Morgan fingerprint density at radius 3 is 1.70 bits per heavy atom. The number of rotatable bonds is 3. The highest BCUT2D eigenvalue weighted by atomic mass is 19.4. The molecule has 7 aromatic rings. The van der Waals surface area contributed by atoms with Crippen molar-refractivity contribution in [1.29, 1.82) is 5.26 Å². The van der Waals surface area contributed by atoms with E-state index >= 15 is 30.7 Å². The van der Waals surface area contributed by atoms with E-state index in [1.165, 1.54) is 6.20 Å². The molecule has 5 aromatic carbocycles. The molecule has 0 unspecified atom stereocenters. The molecule has 0 N–H and O–H groups in total. The zero-order valence-corrected chi connectivity index (χ0v) is 27.2. The summed E-state index contributed by atoms with van der Waals surface area (Å²) in [5.74, 6) is -8.03. The third kappa shape index (κ3) is 5.04. The first-order chi connectivity index (χ1) is 25.4. The Bertz CT molecular complexity index is 2820. The Kier molecular flexibility index (Phi) is 7.63. The fourth-order valence-electron chi connectivity index (χ4n) is 7.11. The first-order valence-corrected chi connectivity index (χ1v) is 15.9. The summed E-state index contributed by atoms with van der Waals surface area (Å²) in [6, 6.07) is 24.2. The van der Waals surface area contributed by atoms with Crippen molar-refractivity contribution in [1.82, 2.24) is 9.97 Å². The van der Waals surface area contributed by atoms with Gasteiger partial charge in [0.25, 0.3) is 5.69 Å². The Morgan fingerprint density at radius 2 is 1.17 bits per heavy atom. The van der Waals surface area contributed by atoms with Gasteiger partial charge in [-0.15, -0.1) is 0 Å². The number of allylic oxidation sites excluding steroid dienone is 1. The lowest BCUT2D eigenvalue weighted by Gasteiger charge is -2.17. The van der Waals surface area contributed by atoms with Crippen LogP contribution in [0.15, 0.2) is 97.3 Å². The Hall–Kier alpha value is -6.85. The molecule has 1 aliphatic rings. The van der Waals surface area contributed by atoms with Gasteiger partial charge >= 0.3 is 6.18 Å². The van der Waals surface area contributed by atoms with Crippen molar-refractivity contribution in [2.75, 3.05) is 0 Å². The highest BCUT2D eigenvalue weighted by Crippen LogP contribution is 2.54. The van der Waals surface area contributed by atoms with Gasteiger partial charge in [0, 0.05) is 39.9 Å². The first kappa shape index (κ1) is 33.3. The molecule has 0 spiro atoms. The molecule has 1 aliphatic carbocycles. The van der Waals surface area contributed by atoms with E-state index < -0.39 is 57.4 Å². The van der Waals surface area contributed by atoms with Gasteiger partial charge in [-0.2, -0.15) is 18.4 Å². The molecular weight excluding hydrogens is 693 g/mol. The number of alkyl halides is 3. The summed E-state index contributed by atoms with van der Waals surface area (Å²) in [5.41, 5.74) is -3.98. The second-order valence-corrected chi connectivity index (χ2v) is 12.4. The lowest BCUT2D eigenvalue weighted by Crippen LogP contribution is -2.09. The second-order valence-electron chi connectivity index (χ2n) is 12.4. The molecule has 0 radical (unpaired) electrons. The third-order valence-corrected chi connectivity index (χ3v) is 9.48. The van der Waals surface area contributed by atoms with E-state index in [9.17, 15) is 5.26 Å². The van der Waals surface area contributed by atoms with Crippen molar-refractivity contribution >= 4 is 38.4 Å². The van der Waals surface area contributed by atoms with E-state index in [-0.39, 0.29) is 33.5 Å². The molecule has 0 amide bonds. The fraction of sp³-hybridized carbons (Fsp3) is 0.0476. The van der Waals surface area contributed by atoms with Gasteiger partial charge in [-0.05, 0) is 75.8 Å². The molecule has 8 rings (SSSR count). The molecule has 0 bridgehead atoms. The zero-order chi connectivity index (χ0) is 37.3. The van der Waals surface area contributed by atoms with Gasteiger partial charge in [0.1, 0.15) is 6.07 Å². The van der Waals surface area contributed by atoms with Crippen LogP contribution in [0.5, 0.6) is 0 Å². The number of aromatic nitrogens is 2. The average Bonchev–Trinajstić information content (AvgIpc) is 3.46. The zero-order valence-electron chi connectivity index (χ0n) is 27.2. The number of pyridine rings is 2. The van der Waals surface area contributed by atoms with Crippen LogP contribution < -0.4 is 0 Å². The molecule has 0 saturated carbocycles. The summed E-state index contributed by atoms with van der Waals surface area (Å²) in [5, 5.41) is 13.1. The number of hydrogen-bond donors (Lipinski definition) is 0. The average molecular weight is 713 g/mol. The van der Waals surface area contributed by atoms with Crippen molar-refractivity contribution in [3.05, 3.63) is 160 Å². The maximum absolute atomic E-state index is 15.8. The van der Waals surface area contributed by atoms with E-state index in [1.807, 2.05) is 18.2 Å². The van der Waals surface area contributed by atoms with Gasteiger partial charge in [-0.25, -0.2) is 22.4 Å². The van der Waals surface area contributed by atoms with Crippen LogP contribution in [0.25, 0.3) is 71.2 Å². The predicted octanol–water partition coefficient (Wildman–Crippen LogP) is 12.0. The van der Waals surface area contributed by atoms with Gasteiger partial charge < -0.3 is 0 Å². The summed E-state index contributed by atoms with van der Waals surface area (Å²) < 4.78 is 107. The lowest BCUT2D eigenvalue weighted by molar-refractivity contribution is -0.137. The first-order valence-electron chi connectivity index (χ1n) is 15.9. The van der Waals surface area contributed by atoms with Crippen molar-refractivity contribution < 1.29 is 30.7 Å².